The zero-order chi connectivity index (χ0) is 15.9. The van der Waals surface area contributed by atoms with Gasteiger partial charge in [-0.2, -0.15) is 0 Å². The molecule has 3 amide bonds. The molecule has 120 valence electrons. The molecule has 0 bridgehead atoms. The summed E-state index contributed by atoms with van der Waals surface area (Å²) in [6.07, 6.45) is 3.77. The van der Waals surface area contributed by atoms with Crippen LogP contribution in [-0.2, 0) is 9.59 Å². The van der Waals surface area contributed by atoms with Crippen LogP contribution in [0.15, 0.2) is 22.8 Å². The maximum atomic E-state index is 11.9. The van der Waals surface area contributed by atoms with Crippen LogP contribution in [0.25, 0.3) is 0 Å². The summed E-state index contributed by atoms with van der Waals surface area (Å²) in [7, 11) is 0. The highest BCUT2D eigenvalue weighted by molar-refractivity contribution is 5.95. The zero-order valence-corrected chi connectivity index (χ0v) is 12.6. The predicted molar refractivity (Wildman–Crippen MR) is 79.1 cm³/mol. The molecule has 22 heavy (non-hydrogen) atoms. The average molecular weight is 307 g/mol. The molecule has 7 heteroatoms. The summed E-state index contributed by atoms with van der Waals surface area (Å²) >= 11 is 0. The first-order valence-corrected chi connectivity index (χ1v) is 7.48. The second-order valence-electron chi connectivity index (χ2n) is 5.30. The van der Waals surface area contributed by atoms with Crippen LogP contribution in [0.5, 0.6) is 0 Å². The van der Waals surface area contributed by atoms with Crippen LogP contribution in [0.4, 0.5) is 0 Å². The number of hydrogen-bond acceptors (Lipinski definition) is 4. The zero-order valence-electron chi connectivity index (χ0n) is 12.6. The number of nitrogens with one attached hydrogen (secondary N) is 2. The fraction of sp³-hybridized carbons (Fsp3) is 0.533. The predicted octanol–water partition coefficient (Wildman–Crippen LogP) is 0.527. The van der Waals surface area contributed by atoms with Gasteiger partial charge in [0.2, 0.25) is 11.8 Å². The number of hydrogen-bond donors (Lipinski definition) is 2. The Kier molecular flexibility index (Phi) is 5.57. The Bertz CT molecular complexity index is 521. The first-order chi connectivity index (χ1) is 10.6. The summed E-state index contributed by atoms with van der Waals surface area (Å²) in [5.74, 6) is -0.552. The Balaban J connectivity index is 1.67. The summed E-state index contributed by atoms with van der Waals surface area (Å²) in [5, 5.41) is 5.19. The first kappa shape index (κ1) is 16.1. The monoisotopic (exact) mass is 307 g/mol. The van der Waals surface area contributed by atoms with Crippen molar-refractivity contribution in [2.45, 2.75) is 32.2 Å². The molecule has 0 aromatic carbocycles. The van der Waals surface area contributed by atoms with E-state index in [0.29, 0.717) is 0 Å². The number of nitrogens with zero attached hydrogens (tertiary/aromatic N) is 1. The molecule has 0 aliphatic carbocycles. The molecule has 2 N–H and O–H groups in total. The first-order valence-electron chi connectivity index (χ1n) is 7.48. The standard InChI is InChI=1S/C15H21N3O4/c1-11(17-15(21)12-5-4-10-22-12)14(20)16-7-6-13(19)18-8-2-3-9-18/h4-5,10-11H,2-3,6-9H2,1H3,(H,16,20)(H,17,21). The third-order valence-electron chi connectivity index (χ3n) is 3.58. The molecule has 1 atom stereocenters. The van der Waals surface area contributed by atoms with Gasteiger partial charge in [0, 0.05) is 26.1 Å². The highest BCUT2D eigenvalue weighted by atomic mass is 16.3. The van der Waals surface area contributed by atoms with Crippen LogP contribution >= 0.6 is 0 Å². The molecule has 1 saturated heterocycles. The second kappa shape index (κ2) is 7.63. The minimum atomic E-state index is -0.695. The summed E-state index contributed by atoms with van der Waals surface area (Å²) in [6.45, 7) is 3.47. The third kappa shape index (κ3) is 4.34. The number of carbonyl (C=O) groups excluding carboxylic acids is 3. The van der Waals surface area contributed by atoms with Gasteiger partial charge in [0.15, 0.2) is 5.76 Å². The molecule has 2 rings (SSSR count). The van der Waals surface area contributed by atoms with Crippen molar-refractivity contribution < 1.29 is 18.8 Å². The quantitative estimate of drug-likeness (QED) is 0.802. The largest absolute Gasteiger partial charge is 0.459 e. The summed E-state index contributed by atoms with van der Waals surface area (Å²) in [6, 6.07) is 2.43. The normalized spacial score (nSPS) is 15.4. The van der Waals surface area contributed by atoms with E-state index in [0.717, 1.165) is 25.9 Å². The fourth-order valence-corrected chi connectivity index (χ4v) is 2.31. The average Bonchev–Trinajstić information content (AvgIpc) is 3.19. The van der Waals surface area contributed by atoms with Crippen LogP contribution in [0, 0.1) is 0 Å². The van der Waals surface area contributed by atoms with Gasteiger partial charge in [-0.25, -0.2) is 0 Å². The van der Waals surface area contributed by atoms with E-state index in [1.165, 1.54) is 12.3 Å². The van der Waals surface area contributed by atoms with Gasteiger partial charge >= 0.3 is 0 Å². The lowest BCUT2D eigenvalue weighted by Crippen LogP contribution is -2.45. The molecule has 1 fully saturated rings. The summed E-state index contributed by atoms with van der Waals surface area (Å²) < 4.78 is 4.95. The highest BCUT2D eigenvalue weighted by Gasteiger charge is 2.20. The lowest BCUT2D eigenvalue weighted by molar-refractivity contribution is -0.130. The van der Waals surface area contributed by atoms with Gasteiger partial charge in [0.1, 0.15) is 6.04 Å². The van der Waals surface area contributed by atoms with Crippen molar-refractivity contribution in [1.29, 1.82) is 0 Å². The number of amides is 3. The van der Waals surface area contributed by atoms with E-state index in [-0.39, 0.29) is 30.5 Å². The van der Waals surface area contributed by atoms with Crippen LogP contribution < -0.4 is 10.6 Å². The highest BCUT2D eigenvalue weighted by Crippen LogP contribution is 2.08. The Morgan fingerprint density at radius 2 is 2.05 bits per heavy atom. The van der Waals surface area contributed by atoms with Gasteiger partial charge in [0.25, 0.3) is 5.91 Å². The van der Waals surface area contributed by atoms with Crippen molar-refractivity contribution >= 4 is 17.7 Å². The van der Waals surface area contributed by atoms with E-state index < -0.39 is 11.9 Å². The third-order valence-corrected chi connectivity index (χ3v) is 3.58. The van der Waals surface area contributed by atoms with Crippen molar-refractivity contribution in [1.82, 2.24) is 15.5 Å². The van der Waals surface area contributed by atoms with E-state index in [1.807, 2.05) is 4.90 Å². The molecule has 2 heterocycles. The molecule has 1 aromatic heterocycles. The molecule has 1 aliphatic heterocycles. The van der Waals surface area contributed by atoms with Gasteiger partial charge in [0.05, 0.1) is 6.26 Å². The summed E-state index contributed by atoms with van der Waals surface area (Å²) in [4.78, 5) is 37.2. The van der Waals surface area contributed by atoms with Crippen LogP contribution in [0.2, 0.25) is 0 Å². The van der Waals surface area contributed by atoms with Gasteiger partial charge in [-0.05, 0) is 31.9 Å². The van der Waals surface area contributed by atoms with Gasteiger partial charge in [-0.1, -0.05) is 0 Å². The number of rotatable bonds is 6. The molecule has 0 radical (unpaired) electrons. The molecular formula is C15H21N3O4. The van der Waals surface area contributed by atoms with E-state index in [2.05, 4.69) is 10.6 Å². The lowest BCUT2D eigenvalue weighted by Gasteiger charge is -2.16. The van der Waals surface area contributed by atoms with E-state index in [9.17, 15) is 14.4 Å². The topological polar surface area (TPSA) is 91.6 Å². The molecule has 0 saturated carbocycles. The Labute approximate surface area is 129 Å². The summed E-state index contributed by atoms with van der Waals surface area (Å²) in [5.41, 5.74) is 0. The van der Waals surface area contributed by atoms with Crippen molar-refractivity contribution in [2.24, 2.45) is 0 Å². The van der Waals surface area contributed by atoms with Crippen LogP contribution in [-0.4, -0.2) is 48.3 Å². The van der Waals surface area contributed by atoms with E-state index in [4.69, 9.17) is 4.42 Å². The minimum Gasteiger partial charge on any atom is -0.459 e. The minimum absolute atomic E-state index is 0.0603. The number of furan rings is 1. The Morgan fingerprint density at radius 3 is 2.68 bits per heavy atom. The van der Waals surface area contributed by atoms with Crippen LogP contribution in [0.3, 0.4) is 0 Å². The van der Waals surface area contributed by atoms with Crippen molar-refractivity contribution in [3.63, 3.8) is 0 Å². The van der Waals surface area contributed by atoms with Gasteiger partial charge < -0.3 is 20.0 Å². The van der Waals surface area contributed by atoms with E-state index in [1.54, 1.807) is 13.0 Å². The maximum Gasteiger partial charge on any atom is 0.287 e. The Morgan fingerprint density at radius 1 is 1.32 bits per heavy atom. The van der Waals surface area contributed by atoms with Crippen molar-refractivity contribution in [2.75, 3.05) is 19.6 Å². The maximum absolute atomic E-state index is 11.9. The van der Waals surface area contributed by atoms with Gasteiger partial charge in [-0.3, -0.25) is 14.4 Å². The SMILES string of the molecule is CC(NC(=O)c1ccco1)C(=O)NCCC(=O)N1CCCC1. The van der Waals surface area contributed by atoms with E-state index >= 15 is 0 Å². The molecule has 0 spiro atoms. The number of likely N-dealkylation sites (tertiary alicyclic amines) is 1. The van der Waals surface area contributed by atoms with Gasteiger partial charge in [-0.15, -0.1) is 0 Å². The molecule has 1 unspecified atom stereocenters. The Hall–Kier alpha value is -2.31. The van der Waals surface area contributed by atoms with Crippen molar-refractivity contribution in [3.05, 3.63) is 24.2 Å². The molecular weight excluding hydrogens is 286 g/mol. The van der Waals surface area contributed by atoms with Crippen molar-refractivity contribution in [3.8, 4) is 0 Å². The molecule has 7 nitrogen and oxygen atoms in total. The fourth-order valence-electron chi connectivity index (χ4n) is 2.31. The number of carbonyl (C=O) groups is 3. The van der Waals surface area contributed by atoms with Crippen LogP contribution in [0.1, 0.15) is 36.7 Å². The molecule has 1 aliphatic rings. The smallest absolute Gasteiger partial charge is 0.287 e. The molecule has 1 aromatic rings. The lowest BCUT2D eigenvalue weighted by atomic mass is 10.2. The second-order valence-corrected chi connectivity index (χ2v) is 5.30.